The molecule has 0 saturated carbocycles. The topological polar surface area (TPSA) is 98.7 Å². The van der Waals surface area contributed by atoms with E-state index in [0.717, 1.165) is 19.3 Å². The zero-order chi connectivity index (χ0) is 22.2. The minimum Gasteiger partial charge on any atom is -0.394 e. The van der Waals surface area contributed by atoms with E-state index in [2.05, 4.69) is 10.6 Å². The van der Waals surface area contributed by atoms with Crippen molar-refractivity contribution in [1.29, 1.82) is 0 Å². The molecule has 3 N–H and O–H groups in total. The summed E-state index contributed by atoms with van der Waals surface area (Å²) < 4.78 is -0.584. The molecule has 3 aliphatic heterocycles. The molecule has 3 fully saturated rings. The Morgan fingerprint density at radius 3 is 2.53 bits per heavy atom. The lowest BCUT2D eigenvalue weighted by Gasteiger charge is -2.38. The van der Waals surface area contributed by atoms with E-state index < -0.39 is 28.7 Å². The largest absolute Gasteiger partial charge is 0.394 e. The van der Waals surface area contributed by atoms with Gasteiger partial charge in [-0.15, -0.1) is 11.8 Å². The average Bonchev–Trinajstić information content (AvgIpc) is 3.30. The highest BCUT2D eigenvalue weighted by atomic mass is 32.2. The molecule has 1 spiro atoms. The van der Waals surface area contributed by atoms with Crippen LogP contribution >= 0.6 is 11.8 Å². The SMILES string of the molecule is CCCNC(=O)[C@@H]1[C@H]2C(=O)N([C@@H](CO)CC(C)C)C(C(=O)NC(C)C)C23CC[C@H]1S3. The second-order valence-corrected chi connectivity index (χ2v) is 11.3. The van der Waals surface area contributed by atoms with E-state index in [4.69, 9.17) is 0 Å². The van der Waals surface area contributed by atoms with E-state index >= 15 is 0 Å². The molecule has 0 aliphatic carbocycles. The molecule has 0 aromatic carbocycles. The molecule has 8 heteroatoms. The molecular formula is C22H37N3O4S. The lowest BCUT2D eigenvalue weighted by molar-refractivity contribution is -0.143. The molecule has 3 rings (SSSR count). The number of carbonyl (C=O) groups excluding carboxylic acids is 3. The summed E-state index contributed by atoms with van der Waals surface area (Å²) in [6, 6.07) is -1.11. The second kappa shape index (κ2) is 9.07. The Hall–Kier alpha value is -1.28. The van der Waals surface area contributed by atoms with E-state index in [9.17, 15) is 19.5 Å². The lowest BCUT2D eigenvalue weighted by atomic mass is 9.70. The van der Waals surface area contributed by atoms with Gasteiger partial charge in [0.25, 0.3) is 0 Å². The third-order valence-corrected chi connectivity index (χ3v) is 8.57. The van der Waals surface area contributed by atoms with Gasteiger partial charge < -0.3 is 20.6 Å². The summed E-state index contributed by atoms with van der Waals surface area (Å²) in [4.78, 5) is 41.8. The van der Waals surface area contributed by atoms with Gasteiger partial charge in [-0.3, -0.25) is 14.4 Å². The number of carbonyl (C=O) groups is 3. The lowest BCUT2D eigenvalue weighted by Crippen LogP contribution is -2.57. The van der Waals surface area contributed by atoms with Crippen LogP contribution in [0.1, 0.15) is 60.3 Å². The highest BCUT2D eigenvalue weighted by Gasteiger charge is 2.74. The van der Waals surface area contributed by atoms with Crippen molar-refractivity contribution >= 4 is 29.5 Å². The quantitative estimate of drug-likeness (QED) is 0.506. The van der Waals surface area contributed by atoms with Crippen molar-refractivity contribution in [2.24, 2.45) is 17.8 Å². The molecule has 0 radical (unpaired) electrons. The van der Waals surface area contributed by atoms with Gasteiger partial charge in [0.1, 0.15) is 6.04 Å². The summed E-state index contributed by atoms with van der Waals surface area (Å²) in [7, 11) is 0. The van der Waals surface area contributed by atoms with Crippen LogP contribution in [0.15, 0.2) is 0 Å². The minimum atomic E-state index is -0.646. The molecule has 30 heavy (non-hydrogen) atoms. The van der Waals surface area contributed by atoms with Crippen molar-refractivity contribution in [2.45, 2.75) is 88.4 Å². The predicted molar refractivity (Wildman–Crippen MR) is 118 cm³/mol. The summed E-state index contributed by atoms with van der Waals surface area (Å²) in [5.41, 5.74) is 0. The molecule has 2 unspecified atom stereocenters. The Morgan fingerprint density at radius 2 is 1.97 bits per heavy atom. The third kappa shape index (κ3) is 3.85. The van der Waals surface area contributed by atoms with Crippen molar-refractivity contribution in [2.75, 3.05) is 13.2 Å². The number of nitrogens with one attached hydrogen (secondary N) is 2. The monoisotopic (exact) mass is 439 g/mol. The van der Waals surface area contributed by atoms with Crippen molar-refractivity contribution in [1.82, 2.24) is 15.5 Å². The summed E-state index contributed by atoms with van der Waals surface area (Å²) in [6.45, 7) is 10.3. The standard InChI is InChI=1S/C22H37N3O4S/c1-6-9-23-19(27)16-15-7-8-22(30-15)17(16)21(29)25(14(11-26)10-12(2)3)18(22)20(28)24-13(4)5/h12-18,26H,6-11H2,1-5H3,(H,23,27)(H,24,28)/t14-,15-,16+,17+,18?,22?/m1/s1. The van der Waals surface area contributed by atoms with E-state index in [1.54, 1.807) is 16.7 Å². The molecule has 6 atom stereocenters. The molecular weight excluding hydrogens is 402 g/mol. The Bertz CT molecular complexity index is 685. The predicted octanol–water partition coefficient (Wildman–Crippen LogP) is 1.54. The molecule has 7 nitrogen and oxygen atoms in total. The van der Waals surface area contributed by atoms with Gasteiger partial charge in [-0.2, -0.15) is 0 Å². The van der Waals surface area contributed by atoms with Gasteiger partial charge in [-0.25, -0.2) is 0 Å². The number of nitrogens with zero attached hydrogens (tertiary/aromatic N) is 1. The minimum absolute atomic E-state index is 0.0465. The zero-order valence-corrected chi connectivity index (χ0v) is 19.6. The summed E-state index contributed by atoms with van der Waals surface area (Å²) >= 11 is 1.67. The average molecular weight is 440 g/mol. The van der Waals surface area contributed by atoms with Crippen LogP contribution in [0.5, 0.6) is 0 Å². The van der Waals surface area contributed by atoms with Gasteiger partial charge in [-0.1, -0.05) is 20.8 Å². The fraction of sp³-hybridized carbons (Fsp3) is 0.864. The second-order valence-electron chi connectivity index (χ2n) is 9.72. The van der Waals surface area contributed by atoms with Gasteiger partial charge in [0.15, 0.2) is 0 Å². The maximum absolute atomic E-state index is 13.8. The molecule has 3 heterocycles. The number of fused-ring (bicyclic) bond motifs is 1. The number of amides is 3. The maximum atomic E-state index is 13.8. The molecule has 0 aromatic rings. The fourth-order valence-electron chi connectivity index (χ4n) is 5.63. The molecule has 0 aromatic heterocycles. The highest BCUT2D eigenvalue weighted by molar-refractivity contribution is 8.02. The van der Waals surface area contributed by atoms with Gasteiger partial charge in [0.05, 0.1) is 29.2 Å². The molecule has 3 saturated heterocycles. The molecule has 3 amide bonds. The van der Waals surface area contributed by atoms with Crippen LogP contribution in [0.2, 0.25) is 0 Å². The van der Waals surface area contributed by atoms with Crippen molar-refractivity contribution in [3.05, 3.63) is 0 Å². The number of hydrogen-bond donors (Lipinski definition) is 3. The van der Waals surface area contributed by atoms with Crippen LogP contribution in [0.3, 0.4) is 0 Å². The van der Waals surface area contributed by atoms with Crippen LogP contribution in [0.4, 0.5) is 0 Å². The van der Waals surface area contributed by atoms with Crippen LogP contribution in [0.25, 0.3) is 0 Å². The van der Waals surface area contributed by atoms with Crippen molar-refractivity contribution < 1.29 is 19.5 Å². The first-order chi connectivity index (χ1) is 14.2. The van der Waals surface area contributed by atoms with E-state index in [1.807, 2.05) is 34.6 Å². The van der Waals surface area contributed by atoms with Crippen LogP contribution in [-0.4, -0.2) is 69.0 Å². The van der Waals surface area contributed by atoms with Gasteiger partial charge in [-0.05, 0) is 45.4 Å². The van der Waals surface area contributed by atoms with Crippen molar-refractivity contribution in [3.8, 4) is 0 Å². The van der Waals surface area contributed by atoms with E-state index in [0.29, 0.717) is 13.0 Å². The number of rotatable bonds is 9. The number of aliphatic hydroxyl groups excluding tert-OH is 1. The molecule has 3 aliphatic rings. The number of thioether (sulfide) groups is 1. The van der Waals surface area contributed by atoms with Crippen LogP contribution < -0.4 is 10.6 Å². The summed E-state index contributed by atoms with van der Waals surface area (Å²) in [5, 5.41) is 16.2. The first-order valence-corrected chi connectivity index (χ1v) is 12.2. The Kier molecular flexibility index (Phi) is 7.07. The zero-order valence-electron chi connectivity index (χ0n) is 18.8. The third-order valence-electron chi connectivity index (χ3n) is 6.62. The Morgan fingerprint density at radius 1 is 1.27 bits per heavy atom. The van der Waals surface area contributed by atoms with Gasteiger partial charge >= 0.3 is 0 Å². The maximum Gasteiger partial charge on any atom is 0.244 e. The number of aliphatic hydroxyl groups is 1. The molecule has 170 valence electrons. The number of hydrogen-bond acceptors (Lipinski definition) is 5. The normalized spacial score (nSPS) is 33.3. The van der Waals surface area contributed by atoms with Crippen LogP contribution in [0, 0.1) is 17.8 Å². The van der Waals surface area contributed by atoms with Gasteiger partial charge in [0.2, 0.25) is 17.7 Å². The van der Waals surface area contributed by atoms with E-state index in [1.165, 1.54) is 0 Å². The fourth-order valence-corrected chi connectivity index (χ4v) is 7.84. The summed E-state index contributed by atoms with van der Waals surface area (Å²) in [5.74, 6) is -0.989. The first-order valence-electron chi connectivity index (χ1n) is 11.4. The number of likely N-dealkylation sites (tertiary alicyclic amines) is 1. The first kappa shape index (κ1) is 23.4. The highest BCUT2D eigenvalue weighted by Crippen LogP contribution is 2.66. The Balaban J connectivity index is 2.01. The summed E-state index contributed by atoms with van der Waals surface area (Å²) in [6.07, 6.45) is 3.05. The Labute approximate surface area is 184 Å². The molecule has 2 bridgehead atoms. The van der Waals surface area contributed by atoms with Crippen LogP contribution in [-0.2, 0) is 14.4 Å². The van der Waals surface area contributed by atoms with Crippen molar-refractivity contribution in [3.63, 3.8) is 0 Å². The van der Waals surface area contributed by atoms with Gasteiger partial charge in [0, 0.05) is 17.8 Å². The smallest absolute Gasteiger partial charge is 0.244 e. The van der Waals surface area contributed by atoms with E-state index in [-0.39, 0.29) is 41.5 Å².